The van der Waals surface area contributed by atoms with Gasteiger partial charge in [0.15, 0.2) is 12.4 Å². The number of aromatic nitrogens is 1. The summed E-state index contributed by atoms with van der Waals surface area (Å²) < 4.78 is 1.72. The molecule has 0 unspecified atom stereocenters. The van der Waals surface area contributed by atoms with Crippen molar-refractivity contribution in [3.05, 3.63) is 30.1 Å². The van der Waals surface area contributed by atoms with Gasteiger partial charge in [-0.1, -0.05) is 0 Å². The van der Waals surface area contributed by atoms with E-state index in [1.54, 1.807) is 17.7 Å². The van der Waals surface area contributed by atoms with Gasteiger partial charge >= 0.3 is 0 Å². The molecule has 0 aliphatic heterocycles. The van der Waals surface area contributed by atoms with E-state index in [0.717, 1.165) is 5.56 Å². The minimum Gasteiger partial charge on any atom is -0.364 e. The van der Waals surface area contributed by atoms with Crippen LogP contribution < -0.4 is 10.3 Å². The summed E-state index contributed by atoms with van der Waals surface area (Å²) >= 11 is 0. The lowest BCUT2D eigenvalue weighted by molar-refractivity contribution is -0.684. The average molecular weight is 207 g/mol. The van der Waals surface area contributed by atoms with E-state index < -0.39 is 0 Å². The Hall–Kier alpha value is -1.71. The number of rotatable bonds is 5. The van der Waals surface area contributed by atoms with E-state index in [1.807, 2.05) is 18.3 Å². The Bertz CT molecular complexity index is 375. The van der Waals surface area contributed by atoms with Crippen molar-refractivity contribution >= 4 is 11.7 Å². The normalized spacial score (nSPS) is 9.93. The first kappa shape index (κ1) is 11.4. The second kappa shape index (κ2) is 5.24. The monoisotopic (exact) mass is 207 g/mol. The molecule has 0 radical (unpaired) electrons. The largest absolute Gasteiger partial charge is 0.364 e. The molecule has 15 heavy (non-hydrogen) atoms. The van der Waals surface area contributed by atoms with Crippen LogP contribution in [-0.2, 0) is 22.6 Å². The summed E-state index contributed by atoms with van der Waals surface area (Å²) in [5, 5.41) is 0. The van der Waals surface area contributed by atoms with E-state index in [9.17, 15) is 9.59 Å². The van der Waals surface area contributed by atoms with E-state index >= 15 is 0 Å². The molecular weight excluding hydrogens is 192 g/mol. The van der Waals surface area contributed by atoms with Crippen LogP contribution >= 0.6 is 0 Å². The molecule has 1 amide bonds. The van der Waals surface area contributed by atoms with E-state index in [1.165, 1.54) is 0 Å². The minimum absolute atomic E-state index is 0.167. The first-order chi connectivity index (χ1) is 7.08. The molecular formula is C11H15N2O2+. The highest BCUT2D eigenvalue weighted by molar-refractivity contribution is 5.75. The number of carbonyl (C=O) groups excluding carboxylic acids is 2. The highest BCUT2D eigenvalue weighted by atomic mass is 16.1. The second-order valence-electron chi connectivity index (χ2n) is 3.55. The molecule has 4 heteroatoms. The summed E-state index contributed by atoms with van der Waals surface area (Å²) in [4.78, 5) is 21.5. The van der Waals surface area contributed by atoms with Gasteiger partial charge in [-0.25, -0.2) is 0 Å². The zero-order valence-electron chi connectivity index (χ0n) is 8.77. The molecule has 0 spiro atoms. The molecule has 0 saturated heterocycles. The zero-order valence-corrected chi connectivity index (χ0v) is 8.77. The van der Waals surface area contributed by atoms with Crippen molar-refractivity contribution in [3.63, 3.8) is 0 Å². The van der Waals surface area contributed by atoms with Crippen LogP contribution in [0.2, 0.25) is 0 Å². The number of amides is 1. The summed E-state index contributed by atoms with van der Waals surface area (Å²) in [6.07, 6.45) is 4.85. The fourth-order valence-electron chi connectivity index (χ4n) is 1.32. The maximum Gasteiger partial charge on any atom is 0.283 e. The average Bonchev–Trinajstić information content (AvgIpc) is 2.14. The highest BCUT2D eigenvalue weighted by Gasteiger charge is 2.06. The number of nitrogens with two attached hydrogens (primary N) is 1. The second-order valence-corrected chi connectivity index (χ2v) is 3.55. The van der Waals surface area contributed by atoms with Crippen molar-refractivity contribution in [2.24, 2.45) is 5.73 Å². The van der Waals surface area contributed by atoms with Crippen molar-refractivity contribution in [2.45, 2.75) is 26.3 Å². The van der Waals surface area contributed by atoms with E-state index in [-0.39, 0.29) is 18.2 Å². The van der Waals surface area contributed by atoms with Crippen LogP contribution in [0.5, 0.6) is 0 Å². The standard InChI is InChI=1S/C11H14N2O2/c1-9(14)4-5-10-3-2-6-13(7-10)8-11(12)15/h2-3,6-7H,4-5,8H2,1H3,(H-,12,15)/p+1. The van der Waals surface area contributed by atoms with Crippen molar-refractivity contribution in [1.29, 1.82) is 0 Å². The van der Waals surface area contributed by atoms with Crippen molar-refractivity contribution in [2.75, 3.05) is 0 Å². The van der Waals surface area contributed by atoms with Gasteiger partial charge < -0.3 is 10.5 Å². The molecule has 1 rings (SSSR count). The van der Waals surface area contributed by atoms with Gasteiger partial charge in [0.1, 0.15) is 5.78 Å². The SMILES string of the molecule is CC(=O)CCc1ccc[n+](CC(N)=O)c1. The fraction of sp³-hybridized carbons (Fsp3) is 0.364. The van der Waals surface area contributed by atoms with Gasteiger partial charge in [-0.2, -0.15) is 4.57 Å². The smallest absolute Gasteiger partial charge is 0.283 e. The topological polar surface area (TPSA) is 64.0 Å². The predicted molar refractivity (Wildman–Crippen MR) is 54.8 cm³/mol. The molecule has 0 atom stereocenters. The van der Waals surface area contributed by atoms with E-state index in [4.69, 9.17) is 5.73 Å². The number of pyridine rings is 1. The van der Waals surface area contributed by atoms with Crippen LogP contribution in [0.25, 0.3) is 0 Å². The number of hydrogen-bond donors (Lipinski definition) is 1. The van der Waals surface area contributed by atoms with Gasteiger partial charge in [0.2, 0.25) is 6.54 Å². The maximum absolute atomic E-state index is 10.8. The summed E-state index contributed by atoms with van der Waals surface area (Å²) in [5.74, 6) is -0.205. The molecule has 0 aromatic carbocycles. The lowest BCUT2D eigenvalue weighted by Crippen LogP contribution is -2.40. The summed E-state index contributed by atoms with van der Waals surface area (Å²) in [5.41, 5.74) is 6.12. The number of ketones is 1. The maximum atomic E-state index is 10.8. The predicted octanol–water partition coefficient (Wildman–Crippen LogP) is -0.0190. The quantitative estimate of drug-likeness (QED) is 0.690. The summed E-state index contributed by atoms with van der Waals surface area (Å²) in [6.45, 7) is 1.74. The van der Waals surface area contributed by atoms with Crippen LogP contribution in [-0.4, -0.2) is 11.7 Å². The Morgan fingerprint density at radius 1 is 1.47 bits per heavy atom. The number of carbonyl (C=O) groups is 2. The number of nitrogens with zero attached hydrogens (tertiary/aromatic N) is 1. The molecule has 0 aliphatic carbocycles. The third-order valence-corrected chi connectivity index (χ3v) is 2.02. The molecule has 80 valence electrons. The molecule has 0 aliphatic rings. The molecule has 4 nitrogen and oxygen atoms in total. The number of primary amides is 1. The van der Waals surface area contributed by atoms with Crippen LogP contribution in [0.3, 0.4) is 0 Å². The number of aryl methyl sites for hydroxylation is 1. The molecule has 1 aromatic heterocycles. The first-order valence-corrected chi connectivity index (χ1v) is 4.83. The van der Waals surface area contributed by atoms with Gasteiger partial charge in [0.05, 0.1) is 0 Å². The van der Waals surface area contributed by atoms with E-state index in [0.29, 0.717) is 12.8 Å². The summed E-state index contributed by atoms with van der Waals surface area (Å²) in [7, 11) is 0. The van der Waals surface area contributed by atoms with Crippen LogP contribution in [0.15, 0.2) is 24.5 Å². The lowest BCUT2D eigenvalue weighted by atomic mass is 10.1. The minimum atomic E-state index is -0.372. The number of hydrogen-bond acceptors (Lipinski definition) is 2. The number of Topliss-reactive ketones (excluding diaryl/α,β-unsaturated/α-hetero) is 1. The fourth-order valence-corrected chi connectivity index (χ4v) is 1.32. The molecule has 1 heterocycles. The van der Waals surface area contributed by atoms with Crippen LogP contribution in [0, 0.1) is 0 Å². The molecule has 0 bridgehead atoms. The van der Waals surface area contributed by atoms with Crippen molar-refractivity contribution in [3.8, 4) is 0 Å². The third kappa shape index (κ3) is 4.35. The van der Waals surface area contributed by atoms with Gasteiger partial charge in [-0.3, -0.25) is 4.79 Å². The Morgan fingerprint density at radius 3 is 2.80 bits per heavy atom. The zero-order chi connectivity index (χ0) is 11.3. The Morgan fingerprint density at radius 2 is 2.20 bits per heavy atom. The highest BCUT2D eigenvalue weighted by Crippen LogP contribution is 1.99. The lowest BCUT2D eigenvalue weighted by Gasteiger charge is -1.98. The van der Waals surface area contributed by atoms with Crippen molar-refractivity contribution < 1.29 is 14.2 Å². The third-order valence-electron chi connectivity index (χ3n) is 2.02. The molecule has 0 saturated carbocycles. The Balaban J connectivity index is 2.65. The first-order valence-electron chi connectivity index (χ1n) is 4.83. The van der Waals surface area contributed by atoms with Crippen molar-refractivity contribution in [1.82, 2.24) is 0 Å². The van der Waals surface area contributed by atoms with Gasteiger partial charge in [0, 0.05) is 18.1 Å². The van der Waals surface area contributed by atoms with Gasteiger partial charge in [0.25, 0.3) is 5.91 Å². The van der Waals surface area contributed by atoms with Crippen LogP contribution in [0.1, 0.15) is 18.9 Å². The van der Waals surface area contributed by atoms with Gasteiger partial charge in [-0.15, -0.1) is 0 Å². The summed E-state index contributed by atoms with van der Waals surface area (Å²) in [6, 6.07) is 3.78. The molecule has 0 fully saturated rings. The van der Waals surface area contributed by atoms with Crippen LogP contribution in [0.4, 0.5) is 0 Å². The Labute approximate surface area is 88.7 Å². The Kier molecular flexibility index (Phi) is 3.97. The molecule has 1 aromatic rings. The molecule has 2 N–H and O–H groups in total. The van der Waals surface area contributed by atoms with E-state index in [2.05, 4.69) is 0 Å². The van der Waals surface area contributed by atoms with Gasteiger partial charge in [-0.05, 0) is 19.4 Å².